The van der Waals surface area contributed by atoms with Crippen LogP contribution in [0.1, 0.15) is 5.82 Å². The summed E-state index contributed by atoms with van der Waals surface area (Å²) in [5, 5.41) is 2.31. The van der Waals surface area contributed by atoms with E-state index in [-0.39, 0.29) is 10.5 Å². The molecule has 0 amide bonds. The number of rotatable bonds is 4. The first-order valence-corrected chi connectivity index (χ1v) is 11.5. The largest absolute Gasteiger partial charge is 0.280 e. The third-order valence-corrected chi connectivity index (χ3v) is 6.71. The molecule has 1 heterocycles. The zero-order valence-corrected chi connectivity index (χ0v) is 18.0. The number of sulfonamides is 1. The minimum absolute atomic E-state index is 0.169. The van der Waals surface area contributed by atoms with E-state index < -0.39 is 10.0 Å². The number of nitrogens with one attached hydrogen (secondary N) is 1. The topological polar surface area (TPSA) is 81.1 Å². The van der Waals surface area contributed by atoms with Crippen LogP contribution in [0.25, 0.3) is 27.4 Å². The molecular weight excluding hydrogens is 422 g/mol. The molecule has 0 aliphatic rings. The lowest BCUT2D eigenvalue weighted by atomic mass is 10.1. The van der Waals surface area contributed by atoms with Gasteiger partial charge in [-0.05, 0) is 60.2 Å². The van der Waals surface area contributed by atoms with Crippen LogP contribution in [0.3, 0.4) is 0 Å². The first-order valence-electron chi connectivity index (χ1n) is 10.0. The summed E-state index contributed by atoms with van der Waals surface area (Å²) < 4.78 is 30.1. The minimum atomic E-state index is -3.81. The molecule has 5 aromatic rings. The smallest absolute Gasteiger partial charge is 0.265 e. The van der Waals surface area contributed by atoms with Crippen molar-refractivity contribution in [1.29, 1.82) is 0 Å². The molecule has 1 N–H and O–H groups in total. The summed E-state index contributed by atoms with van der Waals surface area (Å²) in [6.45, 7) is 1.75. The summed E-state index contributed by atoms with van der Waals surface area (Å²) in [7, 11) is -3.81. The number of hydrogen-bond donors (Lipinski definition) is 1. The Bertz CT molecular complexity index is 1660. The van der Waals surface area contributed by atoms with Gasteiger partial charge in [0.2, 0.25) is 0 Å². The highest BCUT2D eigenvalue weighted by atomic mass is 32.2. The summed E-state index contributed by atoms with van der Waals surface area (Å²) in [6.07, 6.45) is 0. The minimum Gasteiger partial charge on any atom is -0.280 e. The van der Waals surface area contributed by atoms with Crippen LogP contribution in [0.5, 0.6) is 0 Å². The number of para-hydroxylation sites is 1. The Morgan fingerprint density at radius 2 is 1.56 bits per heavy atom. The van der Waals surface area contributed by atoms with Gasteiger partial charge in [-0.25, -0.2) is 13.4 Å². The Labute approximate surface area is 184 Å². The monoisotopic (exact) mass is 441 g/mol. The van der Waals surface area contributed by atoms with E-state index in [0.717, 1.165) is 10.8 Å². The summed E-state index contributed by atoms with van der Waals surface area (Å²) in [6, 6.07) is 26.5. The Kier molecular flexibility index (Phi) is 4.75. The van der Waals surface area contributed by atoms with Crippen molar-refractivity contribution < 1.29 is 8.42 Å². The molecule has 32 heavy (non-hydrogen) atoms. The normalized spacial score (nSPS) is 11.7. The van der Waals surface area contributed by atoms with Crippen molar-refractivity contribution in [1.82, 2.24) is 9.55 Å². The highest BCUT2D eigenvalue weighted by Gasteiger charge is 2.16. The molecule has 0 saturated heterocycles. The van der Waals surface area contributed by atoms with Crippen molar-refractivity contribution in [3.8, 4) is 5.69 Å². The summed E-state index contributed by atoms with van der Waals surface area (Å²) in [4.78, 5) is 17.8. The molecule has 0 fully saturated rings. The summed E-state index contributed by atoms with van der Waals surface area (Å²) in [5.41, 5.74) is 1.31. The van der Waals surface area contributed by atoms with Gasteiger partial charge in [-0.2, -0.15) is 0 Å². The second-order valence-corrected chi connectivity index (χ2v) is 9.16. The molecule has 0 atom stereocenters. The van der Waals surface area contributed by atoms with Gasteiger partial charge in [0.05, 0.1) is 27.2 Å². The van der Waals surface area contributed by atoms with E-state index in [1.807, 2.05) is 30.3 Å². The molecule has 7 heteroatoms. The molecule has 5 rings (SSSR count). The highest BCUT2D eigenvalue weighted by Crippen LogP contribution is 2.23. The maximum atomic E-state index is 13.1. The maximum absolute atomic E-state index is 13.1. The molecule has 4 aromatic carbocycles. The molecule has 0 saturated carbocycles. The van der Waals surface area contributed by atoms with Gasteiger partial charge < -0.3 is 0 Å². The first kappa shape index (κ1) is 20.0. The fraction of sp³-hybridized carbons (Fsp3) is 0.0400. The quantitative estimate of drug-likeness (QED) is 0.440. The predicted octanol–water partition coefficient (Wildman–Crippen LogP) is 4.65. The molecule has 0 spiro atoms. The van der Waals surface area contributed by atoms with E-state index in [1.54, 1.807) is 67.6 Å². The third kappa shape index (κ3) is 3.52. The van der Waals surface area contributed by atoms with Gasteiger partial charge in [0.1, 0.15) is 5.82 Å². The molecule has 0 unspecified atom stereocenters. The van der Waals surface area contributed by atoms with Crippen LogP contribution in [0.2, 0.25) is 0 Å². The zero-order valence-electron chi connectivity index (χ0n) is 17.2. The summed E-state index contributed by atoms with van der Waals surface area (Å²) >= 11 is 0. The van der Waals surface area contributed by atoms with Gasteiger partial charge in [-0.1, -0.05) is 48.5 Å². The number of nitrogens with zero attached hydrogens (tertiary/aromatic N) is 2. The van der Waals surface area contributed by atoms with Crippen molar-refractivity contribution in [3.05, 3.63) is 107 Å². The zero-order chi connectivity index (χ0) is 22.3. The lowest BCUT2D eigenvalue weighted by Gasteiger charge is -2.13. The molecule has 158 valence electrons. The van der Waals surface area contributed by atoms with E-state index >= 15 is 0 Å². The first-order chi connectivity index (χ1) is 15.4. The van der Waals surface area contributed by atoms with Gasteiger partial charge >= 0.3 is 0 Å². The van der Waals surface area contributed by atoms with Crippen LogP contribution in [0.4, 0.5) is 5.69 Å². The van der Waals surface area contributed by atoms with Crippen molar-refractivity contribution >= 4 is 37.4 Å². The van der Waals surface area contributed by atoms with Crippen LogP contribution < -0.4 is 10.3 Å². The van der Waals surface area contributed by atoms with E-state index in [2.05, 4.69) is 9.71 Å². The lowest BCUT2D eigenvalue weighted by molar-refractivity contribution is 0.601. The van der Waals surface area contributed by atoms with Crippen LogP contribution in [0, 0.1) is 6.92 Å². The van der Waals surface area contributed by atoms with Crippen LogP contribution >= 0.6 is 0 Å². The highest BCUT2D eigenvalue weighted by molar-refractivity contribution is 7.92. The number of anilines is 1. The molecular formula is C25H19N3O3S. The molecule has 0 bridgehead atoms. The average molecular weight is 442 g/mol. The maximum Gasteiger partial charge on any atom is 0.265 e. The number of aryl methyl sites for hydroxylation is 1. The van der Waals surface area contributed by atoms with Crippen molar-refractivity contribution in [2.24, 2.45) is 0 Å². The third-order valence-electron chi connectivity index (χ3n) is 5.33. The summed E-state index contributed by atoms with van der Waals surface area (Å²) in [5.74, 6) is 0.517. The second-order valence-electron chi connectivity index (χ2n) is 7.48. The number of fused-ring (bicyclic) bond motifs is 2. The van der Waals surface area contributed by atoms with Gasteiger partial charge in [0.15, 0.2) is 0 Å². The number of aromatic nitrogens is 2. The van der Waals surface area contributed by atoms with E-state index in [4.69, 9.17) is 0 Å². The van der Waals surface area contributed by atoms with Crippen molar-refractivity contribution in [3.63, 3.8) is 0 Å². The van der Waals surface area contributed by atoms with Gasteiger partial charge in [0.25, 0.3) is 15.6 Å². The Morgan fingerprint density at radius 1 is 0.812 bits per heavy atom. The Morgan fingerprint density at radius 3 is 2.41 bits per heavy atom. The van der Waals surface area contributed by atoms with Crippen LogP contribution in [-0.2, 0) is 10.0 Å². The van der Waals surface area contributed by atoms with Gasteiger partial charge in [-0.3, -0.25) is 14.1 Å². The van der Waals surface area contributed by atoms with Gasteiger partial charge in [0, 0.05) is 0 Å². The predicted molar refractivity (Wildman–Crippen MR) is 127 cm³/mol. The van der Waals surface area contributed by atoms with Crippen LogP contribution in [-0.4, -0.2) is 18.0 Å². The SMILES string of the molecule is Cc1nc2ccccc2c(=O)n1-c1cccc(NS(=O)(=O)c2ccc3ccccc3c2)c1. The molecule has 6 nitrogen and oxygen atoms in total. The van der Waals surface area contributed by atoms with E-state index in [1.165, 1.54) is 4.57 Å². The number of hydrogen-bond acceptors (Lipinski definition) is 4. The van der Waals surface area contributed by atoms with Gasteiger partial charge in [-0.15, -0.1) is 0 Å². The fourth-order valence-corrected chi connectivity index (χ4v) is 4.89. The molecule has 0 aliphatic heterocycles. The average Bonchev–Trinajstić information content (AvgIpc) is 2.79. The Balaban J connectivity index is 1.54. The van der Waals surface area contributed by atoms with Crippen molar-refractivity contribution in [2.75, 3.05) is 4.72 Å². The molecule has 0 aliphatic carbocycles. The van der Waals surface area contributed by atoms with E-state index in [9.17, 15) is 13.2 Å². The number of benzene rings is 4. The second kappa shape index (κ2) is 7.62. The Hall–Kier alpha value is -3.97. The van der Waals surface area contributed by atoms with Crippen LogP contribution in [0.15, 0.2) is 101 Å². The standard InChI is InChI=1S/C25H19N3O3S/c1-17-26-24-12-5-4-11-23(24)25(29)28(17)21-10-6-9-20(16-21)27-32(30,31)22-14-13-18-7-2-3-8-19(18)15-22/h2-16,27H,1H3. The lowest BCUT2D eigenvalue weighted by Crippen LogP contribution is -2.22. The molecule has 1 aromatic heterocycles. The fourth-order valence-electron chi connectivity index (χ4n) is 3.80. The van der Waals surface area contributed by atoms with E-state index in [0.29, 0.717) is 28.1 Å². The van der Waals surface area contributed by atoms with Crippen molar-refractivity contribution in [2.45, 2.75) is 11.8 Å². The molecule has 0 radical (unpaired) electrons.